The number of nitrogens with one attached hydrogen (secondary N) is 1. The van der Waals surface area contributed by atoms with Crippen molar-refractivity contribution < 1.29 is 9.21 Å². The Bertz CT molecular complexity index is 1660. The second kappa shape index (κ2) is 8.24. The van der Waals surface area contributed by atoms with Crippen LogP contribution in [0.15, 0.2) is 87.1 Å². The molecule has 0 bridgehead atoms. The van der Waals surface area contributed by atoms with Crippen molar-refractivity contribution in [3.8, 4) is 16.9 Å². The molecule has 5 aromatic rings. The van der Waals surface area contributed by atoms with E-state index in [2.05, 4.69) is 5.32 Å². The predicted octanol–water partition coefficient (Wildman–Crippen LogP) is 4.19. The van der Waals surface area contributed by atoms with Crippen molar-refractivity contribution in [1.82, 2.24) is 13.7 Å². The Morgan fingerprint density at radius 3 is 2.35 bits per heavy atom. The predicted molar refractivity (Wildman–Crippen MR) is 131 cm³/mol. The quantitative estimate of drug-likeness (QED) is 0.422. The van der Waals surface area contributed by atoms with Gasteiger partial charge in [0.2, 0.25) is 0 Å². The summed E-state index contributed by atoms with van der Waals surface area (Å²) in [6.07, 6.45) is 3.18. The fourth-order valence-electron chi connectivity index (χ4n) is 3.97. The third kappa shape index (κ3) is 3.45. The van der Waals surface area contributed by atoms with E-state index in [1.54, 1.807) is 55.7 Å². The molecule has 0 aliphatic carbocycles. The van der Waals surface area contributed by atoms with Gasteiger partial charge in [0.15, 0.2) is 5.76 Å². The van der Waals surface area contributed by atoms with Crippen LogP contribution in [0.25, 0.3) is 27.8 Å². The van der Waals surface area contributed by atoms with Gasteiger partial charge in [0.25, 0.3) is 11.5 Å². The molecule has 2 aromatic carbocycles. The van der Waals surface area contributed by atoms with Crippen molar-refractivity contribution >= 4 is 34.1 Å². The molecule has 0 radical (unpaired) electrons. The van der Waals surface area contributed by atoms with Crippen molar-refractivity contribution in [2.24, 2.45) is 14.1 Å². The van der Waals surface area contributed by atoms with Crippen LogP contribution < -0.4 is 16.6 Å². The number of nitrogens with zero attached hydrogens (tertiary/aromatic N) is 3. The first kappa shape index (κ1) is 21.5. The van der Waals surface area contributed by atoms with Gasteiger partial charge in [-0.15, -0.1) is 0 Å². The summed E-state index contributed by atoms with van der Waals surface area (Å²) in [6, 6.07) is 17.5. The first-order valence-corrected chi connectivity index (χ1v) is 10.8. The van der Waals surface area contributed by atoms with Crippen LogP contribution in [0.3, 0.4) is 0 Å². The monoisotopic (exact) mass is 474 g/mol. The Morgan fingerprint density at radius 1 is 0.941 bits per heavy atom. The van der Waals surface area contributed by atoms with Gasteiger partial charge in [-0.05, 0) is 42.5 Å². The Kier molecular flexibility index (Phi) is 5.22. The van der Waals surface area contributed by atoms with Crippen LogP contribution in [0, 0.1) is 0 Å². The van der Waals surface area contributed by atoms with Gasteiger partial charge in [-0.2, -0.15) is 0 Å². The first-order valence-electron chi connectivity index (χ1n) is 10.4. The second-order valence-electron chi connectivity index (χ2n) is 7.77. The van der Waals surface area contributed by atoms with Crippen molar-refractivity contribution in [3.05, 3.63) is 105 Å². The maximum Gasteiger partial charge on any atom is 0.330 e. The largest absolute Gasteiger partial charge is 0.459 e. The third-order valence-electron chi connectivity index (χ3n) is 5.72. The summed E-state index contributed by atoms with van der Waals surface area (Å²) in [7, 11) is 3.08. The standard InChI is InChI=1S/C25H19ClN4O4/c1-28-19-14-30(16-11-9-15(10-12-16)27-23(31)20-8-5-13-34-20)22(17-6-3-4-7-18(17)26)21(19)24(32)29(2)25(28)33/h3-14H,1-2H3,(H,27,31). The summed E-state index contributed by atoms with van der Waals surface area (Å²) < 4.78 is 9.47. The molecule has 0 aliphatic rings. The van der Waals surface area contributed by atoms with E-state index in [4.69, 9.17) is 16.0 Å². The van der Waals surface area contributed by atoms with E-state index in [0.29, 0.717) is 32.9 Å². The van der Waals surface area contributed by atoms with Crippen molar-refractivity contribution in [2.45, 2.75) is 0 Å². The number of aryl methyl sites for hydroxylation is 1. The molecule has 170 valence electrons. The number of aromatic nitrogens is 3. The summed E-state index contributed by atoms with van der Waals surface area (Å²) in [4.78, 5) is 38.0. The van der Waals surface area contributed by atoms with Gasteiger partial charge in [-0.3, -0.25) is 18.7 Å². The maximum absolute atomic E-state index is 13.2. The number of halogens is 1. The molecule has 0 aliphatic heterocycles. The molecule has 0 unspecified atom stereocenters. The van der Waals surface area contributed by atoms with E-state index in [0.717, 1.165) is 10.3 Å². The van der Waals surface area contributed by atoms with E-state index >= 15 is 0 Å². The smallest absolute Gasteiger partial charge is 0.330 e. The minimum Gasteiger partial charge on any atom is -0.459 e. The fourth-order valence-corrected chi connectivity index (χ4v) is 4.19. The topological polar surface area (TPSA) is 91.2 Å². The molecule has 0 fully saturated rings. The molecule has 3 aromatic heterocycles. The highest BCUT2D eigenvalue weighted by Crippen LogP contribution is 2.35. The highest BCUT2D eigenvalue weighted by Gasteiger charge is 2.21. The van der Waals surface area contributed by atoms with E-state index in [-0.39, 0.29) is 11.7 Å². The SMILES string of the molecule is Cn1c(=O)c2c(-c3ccccc3Cl)n(-c3ccc(NC(=O)c4ccco4)cc3)cc2n(C)c1=O. The molecule has 5 rings (SSSR count). The van der Waals surface area contributed by atoms with Gasteiger partial charge in [-0.1, -0.05) is 29.8 Å². The number of rotatable bonds is 4. The first-order chi connectivity index (χ1) is 16.4. The number of benzene rings is 2. The van der Waals surface area contributed by atoms with Crippen molar-refractivity contribution in [1.29, 1.82) is 0 Å². The molecule has 0 atom stereocenters. The Balaban J connectivity index is 1.69. The average Bonchev–Trinajstić information content (AvgIpc) is 3.51. The van der Waals surface area contributed by atoms with E-state index < -0.39 is 11.2 Å². The molecule has 0 saturated heterocycles. The highest BCUT2D eigenvalue weighted by atomic mass is 35.5. The molecule has 3 heterocycles. The lowest BCUT2D eigenvalue weighted by Gasteiger charge is -2.12. The van der Waals surface area contributed by atoms with Gasteiger partial charge in [0.05, 0.1) is 22.9 Å². The van der Waals surface area contributed by atoms with Gasteiger partial charge in [0.1, 0.15) is 0 Å². The van der Waals surface area contributed by atoms with E-state index in [1.165, 1.54) is 17.9 Å². The number of anilines is 1. The number of hydrogen-bond donors (Lipinski definition) is 1. The Morgan fingerprint density at radius 2 is 1.68 bits per heavy atom. The lowest BCUT2D eigenvalue weighted by Crippen LogP contribution is -2.36. The summed E-state index contributed by atoms with van der Waals surface area (Å²) >= 11 is 6.52. The average molecular weight is 475 g/mol. The van der Waals surface area contributed by atoms with E-state index in [1.807, 2.05) is 22.8 Å². The van der Waals surface area contributed by atoms with Gasteiger partial charge in [0, 0.05) is 42.3 Å². The molecule has 34 heavy (non-hydrogen) atoms. The fraction of sp³-hybridized carbons (Fsp3) is 0.0800. The lowest BCUT2D eigenvalue weighted by molar-refractivity contribution is 0.0996. The van der Waals surface area contributed by atoms with Gasteiger partial charge in [-0.25, -0.2) is 4.79 Å². The Labute approximate surface area is 198 Å². The zero-order chi connectivity index (χ0) is 24.0. The second-order valence-corrected chi connectivity index (χ2v) is 8.18. The maximum atomic E-state index is 13.2. The van der Waals surface area contributed by atoms with Gasteiger partial charge < -0.3 is 14.3 Å². The van der Waals surface area contributed by atoms with Crippen LogP contribution in [-0.2, 0) is 14.1 Å². The minimum atomic E-state index is -0.420. The summed E-state index contributed by atoms with van der Waals surface area (Å²) in [5, 5.41) is 3.63. The molecule has 9 heteroatoms. The summed E-state index contributed by atoms with van der Waals surface area (Å²) in [5.41, 5.74) is 2.18. The zero-order valence-corrected chi connectivity index (χ0v) is 19.0. The van der Waals surface area contributed by atoms with Crippen LogP contribution in [0.4, 0.5) is 5.69 Å². The van der Waals surface area contributed by atoms with Crippen LogP contribution in [-0.4, -0.2) is 19.6 Å². The zero-order valence-electron chi connectivity index (χ0n) is 18.3. The normalized spacial score (nSPS) is 11.1. The number of fused-ring (bicyclic) bond motifs is 1. The summed E-state index contributed by atoms with van der Waals surface area (Å²) in [6.45, 7) is 0. The number of furan rings is 1. The molecular formula is C25H19ClN4O4. The number of carbonyl (C=O) groups excluding carboxylic acids is 1. The third-order valence-corrected chi connectivity index (χ3v) is 6.05. The number of carbonyl (C=O) groups is 1. The van der Waals surface area contributed by atoms with Crippen LogP contribution in [0.1, 0.15) is 10.6 Å². The molecular weight excluding hydrogens is 456 g/mol. The molecule has 8 nitrogen and oxygen atoms in total. The summed E-state index contributed by atoms with van der Waals surface area (Å²) in [5.74, 6) is -0.154. The minimum absolute atomic E-state index is 0.207. The molecule has 0 spiro atoms. The van der Waals surface area contributed by atoms with Crippen molar-refractivity contribution in [3.63, 3.8) is 0 Å². The van der Waals surface area contributed by atoms with Crippen LogP contribution >= 0.6 is 11.6 Å². The van der Waals surface area contributed by atoms with Crippen LogP contribution in [0.2, 0.25) is 5.02 Å². The molecule has 1 amide bonds. The number of hydrogen-bond acceptors (Lipinski definition) is 4. The van der Waals surface area contributed by atoms with Crippen LogP contribution in [0.5, 0.6) is 0 Å². The van der Waals surface area contributed by atoms with Crippen molar-refractivity contribution in [2.75, 3.05) is 5.32 Å². The van der Waals surface area contributed by atoms with E-state index in [9.17, 15) is 14.4 Å². The lowest BCUT2D eigenvalue weighted by atomic mass is 10.1. The molecule has 0 saturated carbocycles. The highest BCUT2D eigenvalue weighted by molar-refractivity contribution is 6.33. The number of amides is 1. The Hall–Kier alpha value is -4.30. The molecule has 1 N–H and O–H groups in total. The van der Waals surface area contributed by atoms with Gasteiger partial charge >= 0.3 is 5.69 Å².